The van der Waals surface area contributed by atoms with Crippen LogP contribution in [0.3, 0.4) is 0 Å². The molecule has 6 nitrogen and oxygen atoms in total. The highest BCUT2D eigenvalue weighted by molar-refractivity contribution is 5.13. The summed E-state index contributed by atoms with van der Waals surface area (Å²) in [5.74, 6) is 0. The summed E-state index contributed by atoms with van der Waals surface area (Å²) in [7, 11) is 2.55. The lowest BCUT2D eigenvalue weighted by Crippen LogP contribution is -3.00. The van der Waals surface area contributed by atoms with Crippen LogP contribution in [-0.4, -0.2) is 101 Å². The largest absolute Gasteiger partial charge is 1.00 e. The predicted molar refractivity (Wildman–Crippen MR) is 103 cm³/mol. The van der Waals surface area contributed by atoms with Crippen molar-refractivity contribution in [2.75, 3.05) is 59.4 Å². The van der Waals surface area contributed by atoms with E-state index < -0.39 is 0 Å². The Balaban J connectivity index is 0.000000980. The Morgan fingerprint density at radius 3 is 2.11 bits per heavy atom. The van der Waals surface area contributed by atoms with Gasteiger partial charge in [0.1, 0.15) is 6.54 Å². The minimum atomic E-state index is 0. The number of quaternary nitrogens is 2. The van der Waals surface area contributed by atoms with E-state index in [0.29, 0.717) is 6.17 Å². The molecular formula is C20H36I2N4O2. The zero-order valence-corrected chi connectivity index (χ0v) is 21.2. The molecule has 4 atom stereocenters. The van der Waals surface area contributed by atoms with Crippen LogP contribution in [0.25, 0.3) is 0 Å². The molecule has 4 aliphatic heterocycles. The standard InChI is InChI=1S/C20H32N4.2HI.2H2O/c1-23-13-5-9-21-12-16-24(17-18-7-3-2-4-8-18)14-6-10-22(11-15-23)20(24)19(21)23;;;;/h2-4,7-8,19-20H,5-6,9-17H2,1H3;2*1H;2*1H2/q+2;;;;/p-2/t19-,20-,23-,24-;;;;/m0..../s1. The third-order valence-corrected chi connectivity index (χ3v) is 7.45. The van der Waals surface area contributed by atoms with Crippen molar-refractivity contribution >= 4 is 0 Å². The van der Waals surface area contributed by atoms with E-state index in [1.807, 2.05) is 0 Å². The minimum absolute atomic E-state index is 0. The predicted octanol–water partition coefficient (Wildman–Crippen LogP) is -6.10. The van der Waals surface area contributed by atoms with Gasteiger partial charge in [0.25, 0.3) is 0 Å². The monoisotopic (exact) mass is 618 g/mol. The number of piperazine rings is 2. The molecule has 0 aromatic heterocycles. The lowest BCUT2D eigenvalue weighted by molar-refractivity contribution is -1.05. The maximum absolute atomic E-state index is 2.87. The number of rotatable bonds is 2. The first-order chi connectivity index (χ1) is 11.7. The van der Waals surface area contributed by atoms with Crippen LogP contribution in [0.1, 0.15) is 18.4 Å². The highest BCUT2D eigenvalue weighted by atomic mass is 127. The molecule has 0 saturated carbocycles. The number of benzene rings is 1. The second kappa shape index (κ2) is 10.2. The van der Waals surface area contributed by atoms with Crippen LogP contribution in [0.2, 0.25) is 0 Å². The van der Waals surface area contributed by atoms with E-state index in [1.165, 1.54) is 86.3 Å². The van der Waals surface area contributed by atoms with Crippen LogP contribution in [0.15, 0.2) is 30.3 Å². The molecule has 162 valence electrons. The Labute approximate surface area is 203 Å². The lowest BCUT2D eigenvalue weighted by Gasteiger charge is -2.66. The van der Waals surface area contributed by atoms with Crippen LogP contribution in [0, 0.1) is 0 Å². The van der Waals surface area contributed by atoms with E-state index >= 15 is 0 Å². The van der Waals surface area contributed by atoms with Crippen molar-refractivity contribution in [1.29, 1.82) is 0 Å². The normalized spacial score (nSPS) is 36.5. The van der Waals surface area contributed by atoms with Gasteiger partial charge in [-0.3, -0.25) is 4.48 Å². The zero-order valence-electron chi connectivity index (χ0n) is 16.9. The SMILES string of the molecule is C[N@+]12CCCN3CC[N@+]4(Cc5ccccc5)CCCN(CC1)[C@@H]4[C@@H]32.O.O.[I-].[I-]. The Hall–Kier alpha value is 0.440. The first-order valence-electron chi connectivity index (χ1n) is 9.92. The van der Waals surface area contributed by atoms with Gasteiger partial charge in [0.15, 0.2) is 0 Å². The van der Waals surface area contributed by atoms with Crippen LogP contribution in [0.5, 0.6) is 0 Å². The van der Waals surface area contributed by atoms with Gasteiger partial charge in [-0.05, 0) is 0 Å². The van der Waals surface area contributed by atoms with Gasteiger partial charge in [-0.15, -0.1) is 0 Å². The molecule has 1 aromatic rings. The van der Waals surface area contributed by atoms with Crippen molar-refractivity contribution in [3.63, 3.8) is 0 Å². The first-order valence-corrected chi connectivity index (χ1v) is 9.92. The number of likely N-dealkylation sites (N-methyl/N-ethyl adjacent to an activating group) is 1. The topological polar surface area (TPSA) is 69.5 Å². The quantitative estimate of drug-likeness (QED) is 0.245. The molecule has 4 saturated heterocycles. The van der Waals surface area contributed by atoms with Gasteiger partial charge in [0.2, 0.25) is 12.3 Å². The van der Waals surface area contributed by atoms with Crippen molar-refractivity contribution in [3.8, 4) is 0 Å². The van der Waals surface area contributed by atoms with Gasteiger partial charge >= 0.3 is 0 Å². The summed E-state index contributed by atoms with van der Waals surface area (Å²) < 4.78 is 2.62. The summed E-state index contributed by atoms with van der Waals surface area (Å²) >= 11 is 0. The summed E-state index contributed by atoms with van der Waals surface area (Å²) in [6.07, 6.45) is 4.20. The molecule has 0 bridgehead atoms. The molecule has 28 heavy (non-hydrogen) atoms. The van der Waals surface area contributed by atoms with Gasteiger partial charge in [-0.1, -0.05) is 30.3 Å². The molecule has 1 aromatic carbocycles. The molecule has 0 amide bonds. The van der Waals surface area contributed by atoms with Gasteiger partial charge in [0.05, 0.1) is 46.3 Å². The van der Waals surface area contributed by atoms with E-state index in [0.717, 1.165) is 6.17 Å². The molecule has 4 fully saturated rings. The Bertz CT molecular complexity index is 625. The third kappa shape index (κ3) is 4.25. The van der Waals surface area contributed by atoms with Crippen molar-refractivity contribution in [2.45, 2.75) is 31.7 Å². The van der Waals surface area contributed by atoms with Crippen LogP contribution >= 0.6 is 0 Å². The molecular weight excluding hydrogens is 582 g/mol. The van der Waals surface area contributed by atoms with Crippen molar-refractivity contribution in [1.82, 2.24) is 9.80 Å². The van der Waals surface area contributed by atoms with E-state index in [4.69, 9.17) is 0 Å². The average molecular weight is 618 g/mol. The molecule has 0 aliphatic carbocycles. The van der Waals surface area contributed by atoms with Crippen LogP contribution in [0.4, 0.5) is 0 Å². The molecule has 8 heteroatoms. The molecule has 5 rings (SSSR count). The number of hydrogen-bond donors (Lipinski definition) is 0. The summed E-state index contributed by atoms with van der Waals surface area (Å²) in [4.78, 5) is 5.72. The van der Waals surface area contributed by atoms with E-state index in [-0.39, 0.29) is 58.9 Å². The van der Waals surface area contributed by atoms with E-state index in [9.17, 15) is 0 Å². The third-order valence-electron chi connectivity index (χ3n) is 7.45. The van der Waals surface area contributed by atoms with E-state index in [1.54, 1.807) is 0 Å². The van der Waals surface area contributed by atoms with Crippen molar-refractivity contribution < 1.29 is 67.9 Å². The summed E-state index contributed by atoms with van der Waals surface area (Å²) in [6, 6.07) is 11.3. The van der Waals surface area contributed by atoms with E-state index in [2.05, 4.69) is 47.2 Å². The fraction of sp³-hybridized carbons (Fsp3) is 0.700. The average Bonchev–Trinajstić information content (AvgIpc) is 2.61. The molecule has 4 heterocycles. The van der Waals surface area contributed by atoms with Crippen molar-refractivity contribution in [3.05, 3.63) is 35.9 Å². The Kier molecular flexibility index (Phi) is 9.61. The lowest BCUT2D eigenvalue weighted by atomic mass is 9.94. The first kappa shape index (κ1) is 26.5. The second-order valence-corrected chi connectivity index (χ2v) is 8.84. The van der Waals surface area contributed by atoms with Gasteiger partial charge in [-0.25, -0.2) is 9.80 Å². The molecule has 4 aliphatic rings. The van der Waals surface area contributed by atoms with Crippen molar-refractivity contribution in [2.24, 2.45) is 0 Å². The van der Waals surface area contributed by atoms with Crippen LogP contribution < -0.4 is 48.0 Å². The minimum Gasteiger partial charge on any atom is -1.00 e. The summed E-state index contributed by atoms with van der Waals surface area (Å²) in [6.45, 7) is 11.9. The highest BCUT2D eigenvalue weighted by Crippen LogP contribution is 2.41. The smallest absolute Gasteiger partial charge is 0.214 e. The number of nitrogens with zero attached hydrogens (tertiary/aromatic N) is 4. The molecule has 4 N–H and O–H groups in total. The van der Waals surface area contributed by atoms with Gasteiger partial charge < -0.3 is 63.4 Å². The fourth-order valence-electron chi connectivity index (χ4n) is 6.33. The maximum Gasteiger partial charge on any atom is 0.214 e. The molecule has 0 unspecified atom stereocenters. The fourth-order valence-corrected chi connectivity index (χ4v) is 6.33. The van der Waals surface area contributed by atoms with Gasteiger partial charge in [0, 0.05) is 31.5 Å². The highest BCUT2D eigenvalue weighted by Gasteiger charge is 2.62. The number of hydrogen-bond acceptors (Lipinski definition) is 2. The second-order valence-electron chi connectivity index (χ2n) is 8.84. The Morgan fingerprint density at radius 1 is 0.786 bits per heavy atom. The summed E-state index contributed by atoms with van der Waals surface area (Å²) in [5.41, 5.74) is 1.53. The number of halogens is 2. The van der Waals surface area contributed by atoms with Crippen LogP contribution in [-0.2, 0) is 6.54 Å². The molecule has 0 radical (unpaired) electrons. The maximum atomic E-state index is 2.87. The van der Waals surface area contributed by atoms with Gasteiger partial charge in [-0.2, -0.15) is 0 Å². The zero-order chi connectivity index (χ0) is 16.2. The Morgan fingerprint density at radius 2 is 1.39 bits per heavy atom. The molecule has 0 spiro atoms. The summed E-state index contributed by atoms with van der Waals surface area (Å²) in [5, 5.41) is 0.